The molecule has 1 atom stereocenters. The minimum atomic E-state index is 0.142. The van der Waals surface area contributed by atoms with Crippen molar-refractivity contribution in [3.63, 3.8) is 0 Å². The quantitative estimate of drug-likeness (QED) is 0.719. The van der Waals surface area contributed by atoms with E-state index in [-0.39, 0.29) is 5.78 Å². The van der Waals surface area contributed by atoms with Gasteiger partial charge in [0.05, 0.1) is 0 Å². The molecule has 0 amide bonds. The molecular weight excluding hydrogens is 338 g/mol. The van der Waals surface area contributed by atoms with Crippen molar-refractivity contribution in [2.45, 2.75) is 32.1 Å². The standard InChI is InChI=1S/C21H25N5O/c1-3-17(27)14-6-8-15(9-7-14)18-19-20(22)23-10-12-26(19)21(24-18)16-5-4-11-25(2)13-16/h6-10,12,16H,3-5,11,13H2,1-2H3,(H2,22,23). The summed E-state index contributed by atoms with van der Waals surface area (Å²) in [6, 6.07) is 7.64. The molecule has 27 heavy (non-hydrogen) atoms. The fourth-order valence-corrected chi connectivity index (χ4v) is 3.97. The molecular formula is C21H25N5O. The lowest BCUT2D eigenvalue weighted by Crippen LogP contribution is -2.31. The van der Waals surface area contributed by atoms with E-state index >= 15 is 0 Å². The van der Waals surface area contributed by atoms with Crippen molar-refractivity contribution in [1.29, 1.82) is 0 Å². The third-order valence-corrected chi connectivity index (χ3v) is 5.40. The van der Waals surface area contributed by atoms with E-state index in [1.807, 2.05) is 37.4 Å². The fourth-order valence-electron chi connectivity index (χ4n) is 3.97. The molecule has 1 aromatic carbocycles. The molecule has 3 heterocycles. The zero-order valence-corrected chi connectivity index (χ0v) is 15.9. The number of benzene rings is 1. The molecule has 6 heteroatoms. The van der Waals surface area contributed by atoms with Crippen LogP contribution in [0, 0.1) is 0 Å². The molecule has 1 saturated heterocycles. The van der Waals surface area contributed by atoms with E-state index in [9.17, 15) is 4.79 Å². The Balaban J connectivity index is 1.82. The molecule has 1 unspecified atom stereocenters. The summed E-state index contributed by atoms with van der Waals surface area (Å²) >= 11 is 0. The van der Waals surface area contributed by atoms with Crippen LogP contribution < -0.4 is 5.73 Å². The molecule has 2 aromatic heterocycles. The summed E-state index contributed by atoms with van der Waals surface area (Å²) in [7, 11) is 2.16. The first kappa shape index (κ1) is 17.7. The number of hydrogen-bond acceptors (Lipinski definition) is 5. The highest BCUT2D eigenvalue weighted by Gasteiger charge is 2.25. The van der Waals surface area contributed by atoms with Crippen LogP contribution in [-0.4, -0.2) is 45.2 Å². The molecule has 4 rings (SSSR count). The number of nitrogens with two attached hydrogens (primary N) is 1. The second kappa shape index (κ2) is 7.12. The SMILES string of the molecule is CCC(=O)c1ccc(-c2nc(C3CCCN(C)C3)n3ccnc(N)c23)cc1. The predicted molar refractivity (Wildman–Crippen MR) is 107 cm³/mol. The lowest BCUT2D eigenvalue weighted by atomic mass is 9.98. The van der Waals surface area contributed by atoms with Crippen molar-refractivity contribution in [3.8, 4) is 11.3 Å². The van der Waals surface area contributed by atoms with Crippen molar-refractivity contribution in [1.82, 2.24) is 19.3 Å². The Morgan fingerprint density at radius 2 is 2.07 bits per heavy atom. The number of ketones is 1. The van der Waals surface area contributed by atoms with Crippen molar-refractivity contribution in [2.75, 3.05) is 25.9 Å². The largest absolute Gasteiger partial charge is 0.382 e. The Hall–Kier alpha value is -2.73. The molecule has 0 aliphatic carbocycles. The third-order valence-electron chi connectivity index (χ3n) is 5.40. The zero-order chi connectivity index (χ0) is 19.0. The highest BCUT2D eigenvalue weighted by Crippen LogP contribution is 2.33. The van der Waals surface area contributed by atoms with E-state index in [0.717, 1.165) is 47.7 Å². The number of imidazole rings is 1. The molecule has 3 aromatic rings. The number of nitrogen functional groups attached to an aromatic ring is 1. The maximum Gasteiger partial charge on any atom is 0.162 e. The Morgan fingerprint density at radius 1 is 1.30 bits per heavy atom. The first-order chi connectivity index (χ1) is 13.1. The van der Waals surface area contributed by atoms with Gasteiger partial charge in [0, 0.05) is 42.4 Å². The van der Waals surface area contributed by atoms with E-state index in [1.54, 1.807) is 6.20 Å². The third kappa shape index (κ3) is 3.21. The number of nitrogens with zero attached hydrogens (tertiary/aromatic N) is 4. The summed E-state index contributed by atoms with van der Waals surface area (Å²) in [5.41, 5.74) is 9.58. The van der Waals surface area contributed by atoms with Gasteiger partial charge >= 0.3 is 0 Å². The Kier molecular flexibility index (Phi) is 4.66. The number of aromatic nitrogens is 3. The van der Waals surface area contributed by atoms with Gasteiger partial charge in [-0.05, 0) is 26.4 Å². The van der Waals surface area contributed by atoms with E-state index in [1.165, 1.54) is 6.42 Å². The number of fused-ring (bicyclic) bond motifs is 1. The summed E-state index contributed by atoms with van der Waals surface area (Å²) in [5.74, 6) is 2.02. The summed E-state index contributed by atoms with van der Waals surface area (Å²) < 4.78 is 2.09. The van der Waals surface area contributed by atoms with Gasteiger partial charge in [0.1, 0.15) is 22.9 Å². The topological polar surface area (TPSA) is 76.5 Å². The van der Waals surface area contributed by atoms with Gasteiger partial charge in [-0.1, -0.05) is 31.2 Å². The minimum absolute atomic E-state index is 0.142. The molecule has 140 valence electrons. The van der Waals surface area contributed by atoms with Crippen molar-refractivity contribution in [2.24, 2.45) is 0 Å². The van der Waals surface area contributed by atoms with E-state index in [2.05, 4.69) is 21.3 Å². The normalized spacial score (nSPS) is 18.1. The second-order valence-corrected chi connectivity index (χ2v) is 7.31. The molecule has 0 spiro atoms. The molecule has 6 nitrogen and oxygen atoms in total. The first-order valence-corrected chi connectivity index (χ1v) is 9.53. The maximum atomic E-state index is 11.9. The van der Waals surface area contributed by atoms with Crippen LogP contribution in [0.15, 0.2) is 36.7 Å². The van der Waals surface area contributed by atoms with Crippen molar-refractivity contribution < 1.29 is 4.79 Å². The van der Waals surface area contributed by atoms with Gasteiger partial charge in [0.2, 0.25) is 0 Å². The predicted octanol–water partition coefficient (Wildman–Crippen LogP) is 3.38. The lowest BCUT2D eigenvalue weighted by molar-refractivity contribution is 0.0988. The van der Waals surface area contributed by atoms with Gasteiger partial charge in [-0.25, -0.2) is 9.97 Å². The number of piperidine rings is 1. The highest BCUT2D eigenvalue weighted by atomic mass is 16.1. The Morgan fingerprint density at radius 3 is 2.78 bits per heavy atom. The summed E-state index contributed by atoms with van der Waals surface area (Å²) in [5, 5.41) is 0. The van der Waals surface area contributed by atoms with Gasteiger partial charge in [-0.2, -0.15) is 0 Å². The molecule has 0 bridgehead atoms. The lowest BCUT2D eigenvalue weighted by Gasteiger charge is -2.28. The molecule has 0 saturated carbocycles. The zero-order valence-electron chi connectivity index (χ0n) is 15.9. The van der Waals surface area contributed by atoms with Crippen LogP contribution in [0.3, 0.4) is 0 Å². The van der Waals surface area contributed by atoms with Crippen LogP contribution >= 0.6 is 0 Å². The summed E-state index contributed by atoms with van der Waals surface area (Å²) in [6.45, 7) is 3.99. The number of hydrogen-bond donors (Lipinski definition) is 1. The van der Waals surface area contributed by atoms with Crippen LogP contribution in [0.5, 0.6) is 0 Å². The van der Waals surface area contributed by atoms with Crippen LogP contribution in [0.1, 0.15) is 48.3 Å². The number of Topliss-reactive ketones (excluding diaryl/α,β-unsaturated/α-hetero) is 1. The Labute approximate surface area is 159 Å². The average Bonchev–Trinajstić information content (AvgIpc) is 3.08. The number of likely N-dealkylation sites (tertiary alicyclic amines) is 1. The van der Waals surface area contributed by atoms with E-state index in [0.29, 0.717) is 18.2 Å². The van der Waals surface area contributed by atoms with Gasteiger partial charge in [-0.15, -0.1) is 0 Å². The summed E-state index contributed by atoms with van der Waals surface area (Å²) in [4.78, 5) is 23.5. The van der Waals surface area contributed by atoms with Crippen molar-refractivity contribution in [3.05, 3.63) is 48.0 Å². The molecule has 1 aliphatic heterocycles. The monoisotopic (exact) mass is 363 g/mol. The summed E-state index contributed by atoms with van der Waals surface area (Å²) in [6.07, 6.45) is 6.46. The molecule has 0 radical (unpaired) electrons. The smallest absolute Gasteiger partial charge is 0.162 e. The average molecular weight is 363 g/mol. The molecule has 2 N–H and O–H groups in total. The van der Waals surface area contributed by atoms with Crippen LogP contribution in [-0.2, 0) is 0 Å². The van der Waals surface area contributed by atoms with Gasteiger partial charge in [0.15, 0.2) is 5.78 Å². The van der Waals surface area contributed by atoms with Gasteiger partial charge in [0.25, 0.3) is 0 Å². The fraction of sp³-hybridized carbons (Fsp3) is 0.381. The highest BCUT2D eigenvalue weighted by molar-refractivity contribution is 5.96. The minimum Gasteiger partial charge on any atom is -0.382 e. The number of anilines is 1. The number of carbonyl (C=O) groups excluding carboxylic acids is 1. The van der Waals surface area contributed by atoms with Gasteiger partial charge in [-0.3, -0.25) is 9.20 Å². The van der Waals surface area contributed by atoms with Gasteiger partial charge < -0.3 is 10.6 Å². The second-order valence-electron chi connectivity index (χ2n) is 7.31. The first-order valence-electron chi connectivity index (χ1n) is 9.53. The maximum absolute atomic E-state index is 11.9. The van der Waals surface area contributed by atoms with Crippen molar-refractivity contribution >= 4 is 17.1 Å². The van der Waals surface area contributed by atoms with E-state index < -0.39 is 0 Å². The number of carbonyl (C=O) groups is 1. The number of rotatable bonds is 4. The van der Waals surface area contributed by atoms with Crippen LogP contribution in [0.4, 0.5) is 5.82 Å². The molecule has 1 aliphatic rings. The van der Waals surface area contributed by atoms with Crippen LogP contribution in [0.2, 0.25) is 0 Å². The van der Waals surface area contributed by atoms with E-state index in [4.69, 9.17) is 10.7 Å². The molecule has 1 fully saturated rings. The van der Waals surface area contributed by atoms with Crippen LogP contribution in [0.25, 0.3) is 16.8 Å². The Bertz CT molecular complexity index is 976. The number of likely N-dealkylation sites (N-methyl/N-ethyl adjacent to an activating group) is 1.